The quantitative estimate of drug-likeness (QED) is 0.524. The Bertz CT molecular complexity index is 795. The van der Waals surface area contributed by atoms with Gasteiger partial charge in [0.15, 0.2) is 11.5 Å². The fraction of sp³-hybridized carbons (Fsp3) is 0.500. The average Bonchev–Trinajstić information content (AvgIpc) is 2.57. The van der Waals surface area contributed by atoms with Gasteiger partial charge in [0.05, 0.1) is 34.9 Å². The minimum absolute atomic E-state index is 0.233. The number of esters is 1. The van der Waals surface area contributed by atoms with Crippen LogP contribution in [-0.4, -0.2) is 44.6 Å². The lowest BCUT2D eigenvalue weighted by Gasteiger charge is -2.29. The summed E-state index contributed by atoms with van der Waals surface area (Å²) >= 11 is 3.30. The van der Waals surface area contributed by atoms with Gasteiger partial charge in [-0.05, 0) is 41.8 Å². The summed E-state index contributed by atoms with van der Waals surface area (Å²) in [4.78, 5) is 12.5. The number of ether oxygens (including phenoxy) is 2. The van der Waals surface area contributed by atoms with Crippen molar-refractivity contribution in [3.05, 3.63) is 22.2 Å². The van der Waals surface area contributed by atoms with E-state index in [0.29, 0.717) is 48.3 Å². The average molecular weight is 431 g/mol. The van der Waals surface area contributed by atoms with Gasteiger partial charge < -0.3 is 9.47 Å². The highest BCUT2D eigenvalue weighted by atomic mass is 79.9. The third-order valence-corrected chi connectivity index (χ3v) is 5.79. The molecule has 0 saturated carbocycles. The standard InChI is InChI=1S/C16H19BrN2O5S/c1-3-23-14-9-11(10-18)8-13(17)15(14)24-16(20)12-4-6-19(7-5-12)25(2,21)22/h8-9,12H,3-7H2,1-2H3. The highest BCUT2D eigenvalue weighted by molar-refractivity contribution is 9.10. The monoisotopic (exact) mass is 430 g/mol. The highest BCUT2D eigenvalue weighted by Gasteiger charge is 2.31. The molecule has 1 aromatic carbocycles. The van der Waals surface area contributed by atoms with Crippen LogP contribution in [0.1, 0.15) is 25.3 Å². The highest BCUT2D eigenvalue weighted by Crippen LogP contribution is 2.37. The van der Waals surface area contributed by atoms with Crippen molar-refractivity contribution < 1.29 is 22.7 Å². The fourth-order valence-corrected chi connectivity index (χ4v) is 4.00. The van der Waals surface area contributed by atoms with E-state index in [1.807, 2.05) is 6.07 Å². The first kappa shape index (κ1) is 19.7. The number of sulfonamides is 1. The molecule has 0 unspecified atom stereocenters. The number of benzene rings is 1. The van der Waals surface area contributed by atoms with Gasteiger partial charge in [0.25, 0.3) is 0 Å². The van der Waals surface area contributed by atoms with Gasteiger partial charge in [-0.15, -0.1) is 0 Å². The zero-order valence-electron chi connectivity index (χ0n) is 14.0. The second kappa shape index (κ2) is 8.17. The summed E-state index contributed by atoms with van der Waals surface area (Å²) in [5.41, 5.74) is 0.386. The Morgan fingerprint density at radius 3 is 2.56 bits per heavy atom. The summed E-state index contributed by atoms with van der Waals surface area (Å²) in [5, 5.41) is 9.03. The van der Waals surface area contributed by atoms with E-state index < -0.39 is 16.0 Å². The van der Waals surface area contributed by atoms with E-state index in [9.17, 15) is 13.2 Å². The first-order valence-corrected chi connectivity index (χ1v) is 10.4. The molecule has 0 atom stereocenters. The van der Waals surface area contributed by atoms with Gasteiger partial charge in [-0.2, -0.15) is 5.26 Å². The predicted molar refractivity (Wildman–Crippen MR) is 94.8 cm³/mol. The first-order valence-electron chi connectivity index (χ1n) is 7.79. The molecule has 0 amide bonds. The zero-order valence-corrected chi connectivity index (χ0v) is 16.4. The van der Waals surface area contributed by atoms with Crippen LogP contribution in [0.2, 0.25) is 0 Å². The fourth-order valence-electron chi connectivity index (χ4n) is 2.60. The molecule has 1 aliphatic heterocycles. The maximum atomic E-state index is 12.5. The van der Waals surface area contributed by atoms with E-state index in [1.165, 1.54) is 10.4 Å². The van der Waals surface area contributed by atoms with E-state index in [4.69, 9.17) is 14.7 Å². The molecule has 0 spiro atoms. The van der Waals surface area contributed by atoms with E-state index in [-0.39, 0.29) is 11.7 Å². The lowest BCUT2D eigenvalue weighted by Crippen LogP contribution is -2.40. The number of hydrogen-bond acceptors (Lipinski definition) is 6. The lowest BCUT2D eigenvalue weighted by atomic mass is 9.98. The van der Waals surface area contributed by atoms with Gasteiger partial charge in [0, 0.05) is 19.2 Å². The van der Waals surface area contributed by atoms with E-state index in [2.05, 4.69) is 15.9 Å². The topological polar surface area (TPSA) is 96.7 Å². The van der Waals surface area contributed by atoms with Crippen LogP contribution in [0, 0.1) is 17.2 Å². The molecular weight excluding hydrogens is 412 g/mol. The molecule has 1 saturated heterocycles. The summed E-state index contributed by atoms with van der Waals surface area (Å²) < 4.78 is 35.9. The summed E-state index contributed by atoms with van der Waals surface area (Å²) in [6, 6.07) is 5.09. The second-order valence-electron chi connectivity index (χ2n) is 5.69. The molecule has 1 heterocycles. The van der Waals surface area contributed by atoms with Crippen LogP contribution in [0.4, 0.5) is 0 Å². The SMILES string of the molecule is CCOc1cc(C#N)cc(Br)c1OC(=O)C1CCN(S(C)(=O)=O)CC1. The Morgan fingerprint density at radius 1 is 1.40 bits per heavy atom. The Balaban J connectivity index is 2.12. The molecule has 136 valence electrons. The minimum atomic E-state index is -3.24. The molecule has 1 aliphatic rings. The molecule has 25 heavy (non-hydrogen) atoms. The van der Waals surface area contributed by atoms with Crippen molar-refractivity contribution in [3.63, 3.8) is 0 Å². The number of halogens is 1. The summed E-state index contributed by atoms with van der Waals surface area (Å²) in [6.45, 7) is 2.75. The van der Waals surface area contributed by atoms with E-state index >= 15 is 0 Å². The molecule has 1 aromatic rings. The van der Waals surface area contributed by atoms with Crippen molar-refractivity contribution >= 4 is 31.9 Å². The molecule has 7 nitrogen and oxygen atoms in total. The lowest BCUT2D eigenvalue weighted by molar-refractivity contribution is -0.140. The number of carbonyl (C=O) groups excluding carboxylic acids is 1. The Labute approximate surface area is 155 Å². The van der Waals surface area contributed by atoms with Crippen molar-refractivity contribution in [2.45, 2.75) is 19.8 Å². The molecule has 1 fully saturated rings. The molecular formula is C16H19BrN2O5S. The molecule has 0 radical (unpaired) electrons. The maximum Gasteiger partial charge on any atom is 0.314 e. The predicted octanol–water partition coefficient (Wildman–Crippen LogP) is 2.30. The van der Waals surface area contributed by atoms with Crippen molar-refractivity contribution in [2.24, 2.45) is 5.92 Å². The van der Waals surface area contributed by atoms with Gasteiger partial charge in [-0.3, -0.25) is 4.79 Å². The first-order chi connectivity index (χ1) is 11.8. The molecule has 0 aromatic heterocycles. The molecule has 0 N–H and O–H groups in total. The smallest absolute Gasteiger partial charge is 0.314 e. The number of hydrogen-bond donors (Lipinski definition) is 0. The van der Waals surface area contributed by atoms with Crippen LogP contribution in [-0.2, 0) is 14.8 Å². The molecule has 0 bridgehead atoms. The van der Waals surface area contributed by atoms with Crippen molar-refractivity contribution in [3.8, 4) is 17.6 Å². The van der Waals surface area contributed by atoms with Crippen LogP contribution < -0.4 is 9.47 Å². The normalized spacial score (nSPS) is 16.2. The Kier molecular flexibility index (Phi) is 6.43. The van der Waals surface area contributed by atoms with Crippen molar-refractivity contribution in [1.82, 2.24) is 4.31 Å². The number of carbonyl (C=O) groups is 1. The van der Waals surface area contributed by atoms with Crippen molar-refractivity contribution in [1.29, 1.82) is 5.26 Å². The molecule has 9 heteroatoms. The summed E-state index contributed by atoms with van der Waals surface area (Å²) in [6.07, 6.45) is 1.97. The third kappa shape index (κ3) is 4.93. The van der Waals surface area contributed by atoms with Crippen LogP contribution >= 0.6 is 15.9 Å². The number of nitriles is 1. The van der Waals surface area contributed by atoms with Gasteiger partial charge >= 0.3 is 5.97 Å². The summed E-state index contributed by atoms with van der Waals surface area (Å²) in [5.74, 6) is -0.263. The zero-order chi connectivity index (χ0) is 18.6. The number of piperidine rings is 1. The maximum absolute atomic E-state index is 12.5. The van der Waals surface area contributed by atoms with Crippen LogP contribution in [0.25, 0.3) is 0 Å². The van der Waals surface area contributed by atoms with Crippen LogP contribution in [0.5, 0.6) is 11.5 Å². The third-order valence-electron chi connectivity index (χ3n) is 3.90. The van der Waals surface area contributed by atoms with Crippen LogP contribution in [0.3, 0.4) is 0 Å². The van der Waals surface area contributed by atoms with Gasteiger partial charge in [-0.25, -0.2) is 12.7 Å². The minimum Gasteiger partial charge on any atom is -0.490 e. The van der Waals surface area contributed by atoms with Crippen LogP contribution in [0.15, 0.2) is 16.6 Å². The molecule has 2 rings (SSSR count). The Hall–Kier alpha value is -1.63. The Morgan fingerprint density at radius 2 is 2.04 bits per heavy atom. The van der Waals surface area contributed by atoms with Gasteiger partial charge in [0.1, 0.15) is 0 Å². The van der Waals surface area contributed by atoms with E-state index in [0.717, 1.165) is 6.26 Å². The van der Waals surface area contributed by atoms with Gasteiger partial charge in [0.2, 0.25) is 10.0 Å². The number of nitrogens with zero attached hydrogens (tertiary/aromatic N) is 2. The second-order valence-corrected chi connectivity index (χ2v) is 8.52. The largest absolute Gasteiger partial charge is 0.490 e. The summed E-state index contributed by atoms with van der Waals surface area (Å²) in [7, 11) is -3.24. The van der Waals surface area contributed by atoms with E-state index in [1.54, 1.807) is 13.0 Å². The number of rotatable bonds is 5. The van der Waals surface area contributed by atoms with Crippen molar-refractivity contribution in [2.75, 3.05) is 26.0 Å². The van der Waals surface area contributed by atoms with Gasteiger partial charge in [-0.1, -0.05) is 0 Å². The molecule has 0 aliphatic carbocycles.